The van der Waals surface area contributed by atoms with Crippen LogP contribution in [0, 0.1) is 0 Å². The van der Waals surface area contributed by atoms with Crippen LogP contribution in [0.4, 0.5) is 0 Å². The fourth-order valence-corrected chi connectivity index (χ4v) is 3.71. The van der Waals surface area contributed by atoms with E-state index in [-0.39, 0.29) is 5.92 Å². The summed E-state index contributed by atoms with van der Waals surface area (Å²) in [7, 11) is 0. The molecule has 1 atom stereocenters. The smallest absolute Gasteiger partial charge is 0.140 e. The predicted octanol–water partition coefficient (Wildman–Crippen LogP) is 4.71. The SMILES string of the molecule is CCCCCCC(=O)C1CCCc2sccc21. The summed E-state index contributed by atoms with van der Waals surface area (Å²) in [5, 5.41) is 2.15. The van der Waals surface area contributed by atoms with E-state index in [1.807, 2.05) is 11.3 Å². The van der Waals surface area contributed by atoms with Crippen molar-refractivity contribution in [3.63, 3.8) is 0 Å². The van der Waals surface area contributed by atoms with Crippen LogP contribution >= 0.6 is 11.3 Å². The molecule has 0 saturated carbocycles. The van der Waals surface area contributed by atoms with Gasteiger partial charge in [-0.3, -0.25) is 4.79 Å². The maximum absolute atomic E-state index is 12.2. The van der Waals surface area contributed by atoms with Gasteiger partial charge in [-0.05, 0) is 42.7 Å². The largest absolute Gasteiger partial charge is 0.299 e. The maximum atomic E-state index is 12.2. The summed E-state index contributed by atoms with van der Waals surface area (Å²) in [4.78, 5) is 13.7. The average molecular weight is 250 g/mol. The van der Waals surface area contributed by atoms with Gasteiger partial charge in [0.25, 0.3) is 0 Å². The lowest BCUT2D eigenvalue weighted by molar-refractivity contribution is -0.120. The molecular weight excluding hydrogens is 228 g/mol. The molecule has 1 aromatic rings. The van der Waals surface area contributed by atoms with Gasteiger partial charge in [-0.2, -0.15) is 0 Å². The van der Waals surface area contributed by atoms with Gasteiger partial charge in [0.2, 0.25) is 0 Å². The van der Waals surface area contributed by atoms with Gasteiger partial charge in [0, 0.05) is 17.2 Å². The van der Waals surface area contributed by atoms with Crippen LogP contribution in [0.2, 0.25) is 0 Å². The second-order valence-corrected chi connectivity index (χ2v) is 6.02. The summed E-state index contributed by atoms with van der Waals surface area (Å²) >= 11 is 1.83. The zero-order chi connectivity index (χ0) is 12.1. The summed E-state index contributed by atoms with van der Waals surface area (Å²) in [6.45, 7) is 2.21. The van der Waals surface area contributed by atoms with Crippen LogP contribution in [-0.2, 0) is 11.2 Å². The number of hydrogen-bond acceptors (Lipinski definition) is 2. The van der Waals surface area contributed by atoms with Crippen LogP contribution in [0.15, 0.2) is 11.4 Å². The number of rotatable bonds is 6. The first-order valence-electron chi connectivity index (χ1n) is 6.92. The Morgan fingerprint density at radius 2 is 2.29 bits per heavy atom. The van der Waals surface area contributed by atoms with Crippen molar-refractivity contribution in [3.8, 4) is 0 Å². The highest BCUT2D eigenvalue weighted by Gasteiger charge is 2.26. The van der Waals surface area contributed by atoms with Crippen molar-refractivity contribution in [2.75, 3.05) is 0 Å². The summed E-state index contributed by atoms with van der Waals surface area (Å²) in [5.74, 6) is 0.715. The fraction of sp³-hybridized carbons (Fsp3) is 0.667. The van der Waals surface area contributed by atoms with Gasteiger partial charge in [0.05, 0.1) is 0 Å². The van der Waals surface area contributed by atoms with Gasteiger partial charge in [-0.25, -0.2) is 0 Å². The molecule has 0 saturated heterocycles. The minimum absolute atomic E-state index is 0.228. The van der Waals surface area contributed by atoms with Crippen molar-refractivity contribution in [2.24, 2.45) is 0 Å². The molecule has 2 rings (SSSR count). The van der Waals surface area contributed by atoms with Crippen molar-refractivity contribution in [2.45, 2.75) is 64.2 Å². The number of aryl methyl sites for hydroxylation is 1. The molecule has 0 aromatic carbocycles. The molecule has 0 fully saturated rings. The zero-order valence-corrected chi connectivity index (χ0v) is 11.5. The molecule has 0 aliphatic heterocycles. The van der Waals surface area contributed by atoms with Crippen molar-refractivity contribution in [1.29, 1.82) is 0 Å². The Morgan fingerprint density at radius 3 is 3.12 bits per heavy atom. The lowest BCUT2D eigenvalue weighted by Crippen LogP contribution is -2.16. The highest BCUT2D eigenvalue weighted by Crippen LogP contribution is 2.36. The van der Waals surface area contributed by atoms with Crippen molar-refractivity contribution >= 4 is 17.1 Å². The zero-order valence-electron chi connectivity index (χ0n) is 10.7. The molecule has 1 nitrogen and oxygen atoms in total. The minimum atomic E-state index is 0.228. The van der Waals surface area contributed by atoms with Crippen LogP contribution in [0.25, 0.3) is 0 Å². The normalized spacial score (nSPS) is 19.0. The monoisotopic (exact) mass is 250 g/mol. The van der Waals surface area contributed by atoms with Crippen LogP contribution in [0.1, 0.15) is 68.2 Å². The van der Waals surface area contributed by atoms with E-state index in [2.05, 4.69) is 18.4 Å². The molecule has 1 unspecified atom stereocenters. The number of unbranched alkanes of at least 4 members (excludes halogenated alkanes) is 3. The number of ketones is 1. The summed E-state index contributed by atoms with van der Waals surface area (Å²) in [6, 6.07) is 2.17. The molecule has 0 radical (unpaired) electrons. The first-order chi connectivity index (χ1) is 8.33. The second-order valence-electron chi connectivity index (χ2n) is 5.02. The number of thiophene rings is 1. The third kappa shape index (κ3) is 3.19. The van der Waals surface area contributed by atoms with Gasteiger partial charge in [0.1, 0.15) is 5.78 Å². The van der Waals surface area contributed by atoms with Crippen LogP contribution in [0.5, 0.6) is 0 Å². The Kier molecular flexibility index (Phi) is 4.78. The Labute approximate surface area is 108 Å². The van der Waals surface area contributed by atoms with Crippen molar-refractivity contribution in [3.05, 3.63) is 21.9 Å². The maximum Gasteiger partial charge on any atom is 0.140 e. The van der Waals surface area contributed by atoms with E-state index in [1.165, 1.54) is 42.5 Å². The number of fused-ring (bicyclic) bond motifs is 1. The topological polar surface area (TPSA) is 17.1 Å². The van der Waals surface area contributed by atoms with Gasteiger partial charge in [-0.15, -0.1) is 11.3 Å². The van der Waals surface area contributed by atoms with Gasteiger partial charge < -0.3 is 0 Å². The summed E-state index contributed by atoms with van der Waals surface area (Å²) < 4.78 is 0. The Bertz CT molecular complexity index is 367. The van der Waals surface area contributed by atoms with Gasteiger partial charge in [-0.1, -0.05) is 26.2 Å². The molecule has 1 heterocycles. The predicted molar refractivity (Wildman–Crippen MR) is 73.8 cm³/mol. The summed E-state index contributed by atoms with van der Waals surface area (Å²) in [6.07, 6.45) is 9.06. The van der Waals surface area contributed by atoms with E-state index in [1.54, 1.807) is 0 Å². The first kappa shape index (κ1) is 12.8. The number of carbonyl (C=O) groups is 1. The number of hydrogen-bond donors (Lipinski definition) is 0. The average Bonchev–Trinajstić information content (AvgIpc) is 2.82. The molecule has 1 aliphatic carbocycles. The summed E-state index contributed by atoms with van der Waals surface area (Å²) in [5.41, 5.74) is 1.35. The molecule has 94 valence electrons. The Morgan fingerprint density at radius 1 is 1.41 bits per heavy atom. The lowest BCUT2D eigenvalue weighted by atomic mass is 9.83. The number of carbonyl (C=O) groups excluding carboxylic acids is 1. The fourth-order valence-electron chi connectivity index (χ4n) is 2.72. The third-order valence-electron chi connectivity index (χ3n) is 3.72. The molecule has 0 spiro atoms. The van der Waals surface area contributed by atoms with Crippen LogP contribution in [0.3, 0.4) is 0 Å². The molecule has 0 amide bonds. The second kappa shape index (κ2) is 6.34. The minimum Gasteiger partial charge on any atom is -0.299 e. The molecule has 1 aliphatic rings. The lowest BCUT2D eigenvalue weighted by Gasteiger charge is -2.21. The van der Waals surface area contributed by atoms with Gasteiger partial charge in [0.15, 0.2) is 0 Å². The quantitative estimate of drug-likeness (QED) is 0.668. The van der Waals surface area contributed by atoms with E-state index in [4.69, 9.17) is 0 Å². The van der Waals surface area contributed by atoms with E-state index in [0.717, 1.165) is 19.3 Å². The first-order valence-corrected chi connectivity index (χ1v) is 7.80. The highest BCUT2D eigenvalue weighted by molar-refractivity contribution is 7.10. The van der Waals surface area contributed by atoms with Crippen LogP contribution < -0.4 is 0 Å². The van der Waals surface area contributed by atoms with Crippen molar-refractivity contribution < 1.29 is 4.79 Å². The van der Waals surface area contributed by atoms with Gasteiger partial charge >= 0.3 is 0 Å². The number of Topliss-reactive ketones (excluding diaryl/α,β-unsaturated/α-hetero) is 1. The molecule has 0 N–H and O–H groups in total. The van der Waals surface area contributed by atoms with E-state index in [9.17, 15) is 4.79 Å². The molecule has 0 bridgehead atoms. The molecular formula is C15H22OS. The van der Waals surface area contributed by atoms with E-state index < -0.39 is 0 Å². The van der Waals surface area contributed by atoms with E-state index >= 15 is 0 Å². The third-order valence-corrected chi connectivity index (χ3v) is 4.71. The molecule has 1 aromatic heterocycles. The standard InChI is InChI=1S/C15H22OS/c1-2-3-4-5-8-14(16)12-7-6-9-15-13(12)10-11-17-15/h10-12H,2-9H2,1H3. The Hall–Kier alpha value is -0.630. The highest BCUT2D eigenvalue weighted by atomic mass is 32.1. The Balaban J connectivity index is 1.89. The molecule has 17 heavy (non-hydrogen) atoms. The molecule has 2 heteroatoms. The van der Waals surface area contributed by atoms with Crippen LogP contribution in [-0.4, -0.2) is 5.78 Å². The van der Waals surface area contributed by atoms with E-state index in [0.29, 0.717) is 5.78 Å². The van der Waals surface area contributed by atoms with Crippen molar-refractivity contribution in [1.82, 2.24) is 0 Å².